The summed E-state index contributed by atoms with van der Waals surface area (Å²) < 4.78 is 35.2. The average molecular weight is 344 g/mol. The Balaban J connectivity index is 2.09. The van der Waals surface area contributed by atoms with E-state index in [1.807, 2.05) is 22.8 Å². The number of fused-ring (bicyclic) bond motifs is 1. The highest BCUT2D eigenvalue weighted by atomic mass is 19.1. The number of imidazole rings is 1. The van der Waals surface area contributed by atoms with Crippen molar-refractivity contribution in [2.45, 2.75) is 39.2 Å². The average Bonchev–Trinajstić information content (AvgIpc) is 2.98. The first-order chi connectivity index (χ1) is 12.1. The summed E-state index contributed by atoms with van der Waals surface area (Å²) in [5.41, 5.74) is 1.80. The predicted octanol–water partition coefficient (Wildman–Crippen LogP) is 5.57. The van der Waals surface area contributed by atoms with Crippen molar-refractivity contribution < 1.29 is 13.5 Å². The highest BCUT2D eigenvalue weighted by Crippen LogP contribution is 2.30. The van der Waals surface area contributed by atoms with Gasteiger partial charge in [0, 0.05) is 12.6 Å². The molecule has 3 aromatic rings. The van der Waals surface area contributed by atoms with Gasteiger partial charge in [-0.25, -0.2) is 13.8 Å². The highest BCUT2D eigenvalue weighted by molar-refractivity contribution is 5.82. The molecule has 2 aromatic carbocycles. The highest BCUT2D eigenvalue weighted by Gasteiger charge is 2.17. The Labute approximate surface area is 146 Å². The molecule has 3 rings (SSSR count). The molecule has 25 heavy (non-hydrogen) atoms. The molecule has 0 aliphatic rings. The van der Waals surface area contributed by atoms with Gasteiger partial charge >= 0.3 is 0 Å². The van der Waals surface area contributed by atoms with Gasteiger partial charge in [0.05, 0.1) is 23.7 Å². The summed E-state index contributed by atoms with van der Waals surface area (Å²) >= 11 is 0. The Morgan fingerprint density at radius 1 is 1.04 bits per heavy atom. The van der Waals surface area contributed by atoms with E-state index in [2.05, 4.69) is 11.9 Å². The number of nitrogens with zero attached hydrogens (tertiary/aromatic N) is 2. The Morgan fingerprint density at radius 3 is 2.64 bits per heavy atom. The first kappa shape index (κ1) is 17.4. The van der Waals surface area contributed by atoms with Crippen molar-refractivity contribution in [1.29, 1.82) is 0 Å². The zero-order valence-corrected chi connectivity index (χ0v) is 14.6. The van der Waals surface area contributed by atoms with Gasteiger partial charge in [0.25, 0.3) is 0 Å². The second-order valence-electron chi connectivity index (χ2n) is 6.13. The van der Waals surface area contributed by atoms with Crippen LogP contribution in [0.1, 0.15) is 32.6 Å². The summed E-state index contributed by atoms with van der Waals surface area (Å²) in [6.07, 6.45) is 4.37. The van der Waals surface area contributed by atoms with Crippen LogP contribution in [0, 0.1) is 11.6 Å². The zero-order chi connectivity index (χ0) is 17.8. The smallest absolute Gasteiger partial charge is 0.144 e. The first-order valence-corrected chi connectivity index (χ1v) is 8.63. The Kier molecular flexibility index (Phi) is 5.31. The number of unbranched alkanes of at least 4 members (excludes halogenated alkanes) is 3. The van der Waals surface area contributed by atoms with Crippen LogP contribution in [0.4, 0.5) is 8.78 Å². The normalized spacial score (nSPS) is 11.2. The lowest BCUT2D eigenvalue weighted by molar-refractivity contribution is 0.415. The summed E-state index contributed by atoms with van der Waals surface area (Å²) in [6.45, 7) is 2.88. The molecule has 0 atom stereocenters. The second-order valence-corrected chi connectivity index (χ2v) is 6.13. The number of aryl methyl sites for hydroxylation is 1. The van der Waals surface area contributed by atoms with E-state index >= 15 is 0 Å². The lowest BCUT2D eigenvalue weighted by Gasteiger charge is -2.10. The minimum Gasteiger partial charge on any atom is -0.497 e. The second kappa shape index (κ2) is 7.64. The van der Waals surface area contributed by atoms with Crippen molar-refractivity contribution in [3.63, 3.8) is 0 Å². The summed E-state index contributed by atoms with van der Waals surface area (Å²) in [7, 11) is 1.59. The van der Waals surface area contributed by atoms with E-state index in [1.54, 1.807) is 7.11 Å². The van der Waals surface area contributed by atoms with E-state index in [1.165, 1.54) is 6.07 Å². The molecular weight excluding hydrogens is 322 g/mol. The van der Waals surface area contributed by atoms with Gasteiger partial charge in [-0.05, 0) is 36.8 Å². The molecule has 0 amide bonds. The van der Waals surface area contributed by atoms with Crippen molar-refractivity contribution in [2.24, 2.45) is 0 Å². The third-order valence-electron chi connectivity index (χ3n) is 4.36. The minimum absolute atomic E-state index is 0.186. The van der Waals surface area contributed by atoms with Gasteiger partial charge in [-0.1, -0.05) is 26.2 Å². The molecule has 0 aliphatic carbocycles. The monoisotopic (exact) mass is 344 g/mol. The third-order valence-corrected chi connectivity index (χ3v) is 4.36. The van der Waals surface area contributed by atoms with Crippen LogP contribution in [0.15, 0.2) is 36.4 Å². The number of rotatable bonds is 7. The fourth-order valence-corrected chi connectivity index (χ4v) is 3.03. The van der Waals surface area contributed by atoms with Gasteiger partial charge in [0.2, 0.25) is 0 Å². The minimum atomic E-state index is -0.474. The van der Waals surface area contributed by atoms with E-state index in [4.69, 9.17) is 4.74 Å². The Bertz CT molecular complexity index is 874. The quantitative estimate of drug-likeness (QED) is 0.524. The molecule has 1 aromatic heterocycles. The Morgan fingerprint density at radius 2 is 1.88 bits per heavy atom. The number of benzene rings is 2. The van der Waals surface area contributed by atoms with Crippen LogP contribution in [0.3, 0.4) is 0 Å². The van der Waals surface area contributed by atoms with Gasteiger partial charge in [-0.15, -0.1) is 0 Å². The van der Waals surface area contributed by atoms with Crippen molar-refractivity contribution in [3.05, 3.63) is 48.0 Å². The first-order valence-electron chi connectivity index (χ1n) is 8.63. The van der Waals surface area contributed by atoms with Crippen LogP contribution < -0.4 is 4.74 Å². The van der Waals surface area contributed by atoms with Crippen LogP contribution >= 0.6 is 0 Å². The molecule has 5 heteroatoms. The molecule has 0 bridgehead atoms. The maximum absolute atomic E-state index is 14.3. The number of hydrogen-bond acceptors (Lipinski definition) is 2. The molecular formula is C20H22F2N2O. The number of hydrogen-bond donors (Lipinski definition) is 0. The molecule has 1 heterocycles. The molecule has 0 fully saturated rings. The summed E-state index contributed by atoms with van der Waals surface area (Å²) in [5, 5.41) is 0. The van der Waals surface area contributed by atoms with Gasteiger partial charge in [-0.3, -0.25) is 0 Å². The summed E-state index contributed by atoms with van der Waals surface area (Å²) in [6, 6.07) is 9.07. The number of methoxy groups -OCH3 is 1. The maximum Gasteiger partial charge on any atom is 0.144 e. The molecule has 3 nitrogen and oxygen atoms in total. The van der Waals surface area contributed by atoms with Crippen LogP contribution in [0.2, 0.25) is 0 Å². The number of aromatic nitrogens is 2. The van der Waals surface area contributed by atoms with Crippen molar-refractivity contribution >= 4 is 11.0 Å². The fraction of sp³-hybridized carbons (Fsp3) is 0.350. The largest absolute Gasteiger partial charge is 0.497 e. The van der Waals surface area contributed by atoms with Gasteiger partial charge < -0.3 is 9.30 Å². The van der Waals surface area contributed by atoms with E-state index < -0.39 is 11.6 Å². The van der Waals surface area contributed by atoms with Gasteiger partial charge in [-0.2, -0.15) is 0 Å². The molecule has 0 saturated heterocycles. The van der Waals surface area contributed by atoms with E-state index in [0.717, 1.165) is 43.3 Å². The topological polar surface area (TPSA) is 27.1 Å². The summed E-state index contributed by atoms with van der Waals surface area (Å²) in [5.74, 6) is 0.197. The van der Waals surface area contributed by atoms with E-state index in [9.17, 15) is 8.78 Å². The molecule has 0 N–H and O–H groups in total. The van der Waals surface area contributed by atoms with E-state index in [-0.39, 0.29) is 5.56 Å². The zero-order valence-electron chi connectivity index (χ0n) is 14.6. The molecule has 132 valence electrons. The molecule has 0 radical (unpaired) electrons. The van der Waals surface area contributed by atoms with Crippen LogP contribution in [0.25, 0.3) is 22.4 Å². The Hall–Kier alpha value is -2.43. The third kappa shape index (κ3) is 3.65. The fourth-order valence-electron chi connectivity index (χ4n) is 3.03. The van der Waals surface area contributed by atoms with Crippen LogP contribution in [-0.4, -0.2) is 16.7 Å². The molecule has 0 spiro atoms. The lowest BCUT2D eigenvalue weighted by atomic mass is 10.1. The molecule has 0 unspecified atom stereocenters. The van der Waals surface area contributed by atoms with Crippen LogP contribution in [-0.2, 0) is 6.54 Å². The lowest BCUT2D eigenvalue weighted by Crippen LogP contribution is -2.02. The SMILES string of the molecule is CCCCCCn1c(-c2cc(F)ccc2F)nc2cc(OC)ccc21. The van der Waals surface area contributed by atoms with E-state index in [0.29, 0.717) is 23.6 Å². The predicted molar refractivity (Wildman–Crippen MR) is 95.8 cm³/mol. The standard InChI is InChI=1S/C20H22F2N2O/c1-3-4-5-6-11-24-19-10-8-15(25-2)13-18(19)23-20(24)16-12-14(21)7-9-17(16)22/h7-10,12-13H,3-6,11H2,1-2H3. The van der Waals surface area contributed by atoms with Gasteiger partial charge in [0.1, 0.15) is 23.2 Å². The molecule has 0 aliphatic heterocycles. The van der Waals surface area contributed by atoms with Crippen molar-refractivity contribution in [3.8, 4) is 17.1 Å². The number of halogens is 2. The van der Waals surface area contributed by atoms with Crippen molar-refractivity contribution in [2.75, 3.05) is 7.11 Å². The summed E-state index contributed by atoms with van der Waals surface area (Å²) in [4.78, 5) is 4.57. The molecule has 0 saturated carbocycles. The number of ether oxygens (including phenoxy) is 1. The maximum atomic E-state index is 14.3. The van der Waals surface area contributed by atoms with Crippen molar-refractivity contribution in [1.82, 2.24) is 9.55 Å². The van der Waals surface area contributed by atoms with Crippen LogP contribution in [0.5, 0.6) is 5.75 Å². The van der Waals surface area contributed by atoms with Gasteiger partial charge in [0.15, 0.2) is 0 Å².